The lowest BCUT2D eigenvalue weighted by molar-refractivity contribution is -0.152. The second kappa shape index (κ2) is 2.86. The van der Waals surface area contributed by atoms with Gasteiger partial charge in [0.05, 0.1) is 12.3 Å². The first-order valence-electron chi connectivity index (χ1n) is 3.49. The molecule has 0 saturated carbocycles. The van der Waals surface area contributed by atoms with Gasteiger partial charge >= 0.3 is 11.9 Å². The summed E-state index contributed by atoms with van der Waals surface area (Å²) in [7, 11) is 0. The molecule has 0 N–H and O–H groups in total. The Kier molecular flexibility index (Phi) is 2.08. The van der Waals surface area contributed by atoms with Crippen molar-refractivity contribution < 1.29 is 14.3 Å². The van der Waals surface area contributed by atoms with Crippen molar-refractivity contribution in [3.63, 3.8) is 0 Å². The molecule has 1 saturated heterocycles. The molecular weight excluding hydrogens is 144 g/mol. The summed E-state index contributed by atoms with van der Waals surface area (Å²) in [4.78, 5) is 21.4. The van der Waals surface area contributed by atoms with Crippen LogP contribution in [0.15, 0.2) is 11.6 Å². The molecule has 3 nitrogen and oxygen atoms in total. The maximum Gasteiger partial charge on any atom is 0.321 e. The van der Waals surface area contributed by atoms with E-state index in [0.717, 1.165) is 5.57 Å². The highest BCUT2D eigenvalue weighted by atomic mass is 16.6. The molecule has 11 heavy (non-hydrogen) atoms. The first-order valence-corrected chi connectivity index (χ1v) is 3.49. The predicted octanol–water partition coefficient (Wildman–Crippen LogP) is 1.04. The molecule has 0 aromatic rings. The number of allylic oxidation sites excluding steroid dienone is 1. The number of hydrogen-bond donors (Lipinski definition) is 0. The molecule has 60 valence electrons. The molecule has 1 aliphatic heterocycles. The van der Waals surface area contributed by atoms with Crippen LogP contribution in [0.3, 0.4) is 0 Å². The zero-order valence-corrected chi connectivity index (χ0v) is 6.59. The van der Waals surface area contributed by atoms with Gasteiger partial charge in [-0.25, -0.2) is 0 Å². The Bertz CT molecular complexity index is 223. The highest BCUT2D eigenvalue weighted by Crippen LogP contribution is 2.18. The summed E-state index contributed by atoms with van der Waals surface area (Å²) in [5.41, 5.74) is 1.03. The van der Waals surface area contributed by atoms with E-state index in [1.807, 2.05) is 13.8 Å². The van der Waals surface area contributed by atoms with E-state index in [2.05, 4.69) is 4.74 Å². The fourth-order valence-corrected chi connectivity index (χ4v) is 1.02. The number of esters is 2. The van der Waals surface area contributed by atoms with Crippen molar-refractivity contribution in [2.75, 3.05) is 0 Å². The molecular formula is C8H10O3. The number of rotatable bonds is 1. The lowest BCUT2D eigenvalue weighted by Gasteiger charge is -1.95. The summed E-state index contributed by atoms with van der Waals surface area (Å²) >= 11 is 0. The van der Waals surface area contributed by atoms with Crippen LogP contribution >= 0.6 is 0 Å². The third kappa shape index (κ3) is 1.90. The molecule has 0 radical (unpaired) electrons. The van der Waals surface area contributed by atoms with Crippen molar-refractivity contribution >= 4 is 11.9 Å². The molecule has 1 atom stereocenters. The lowest BCUT2D eigenvalue weighted by atomic mass is 10.1. The van der Waals surface area contributed by atoms with Crippen LogP contribution in [0.25, 0.3) is 0 Å². The quantitative estimate of drug-likeness (QED) is 0.322. The Labute approximate surface area is 65.0 Å². The lowest BCUT2D eigenvalue weighted by Crippen LogP contribution is -2.04. The van der Waals surface area contributed by atoms with E-state index >= 15 is 0 Å². The smallest absolute Gasteiger partial charge is 0.321 e. The van der Waals surface area contributed by atoms with Crippen LogP contribution in [0.2, 0.25) is 0 Å². The molecule has 0 aliphatic carbocycles. The van der Waals surface area contributed by atoms with Gasteiger partial charge in [-0.2, -0.15) is 0 Å². The Morgan fingerprint density at radius 1 is 1.55 bits per heavy atom. The van der Waals surface area contributed by atoms with E-state index in [1.165, 1.54) is 0 Å². The molecule has 1 unspecified atom stereocenters. The van der Waals surface area contributed by atoms with Crippen LogP contribution in [0, 0.1) is 5.92 Å². The van der Waals surface area contributed by atoms with Crippen LogP contribution in [0.4, 0.5) is 0 Å². The third-order valence-electron chi connectivity index (χ3n) is 1.44. The van der Waals surface area contributed by atoms with Crippen LogP contribution < -0.4 is 0 Å². The molecule has 0 bridgehead atoms. The zero-order chi connectivity index (χ0) is 8.43. The molecule has 0 aromatic carbocycles. The van der Waals surface area contributed by atoms with E-state index < -0.39 is 11.9 Å². The first-order chi connectivity index (χ1) is 5.09. The maximum absolute atomic E-state index is 10.8. The first kappa shape index (κ1) is 7.98. The number of hydrogen-bond acceptors (Lipinski definition) is 3. The van der Waals surface area contributed by atoms with E-state index in [-0.39, 0.29) is 12.3 Å². The van der Waals surface area contributed by atoms with E-state index in [4.69, 9.17) is 0 Å². The van der Waals surface area contributed by atoms with Gasteiger partial charge in [0.15, 0.2) is 0 Å². The highest BCUT2D eigenvalue weighted by molar-refractivity contribution is 5.95. The molecule has 3 heteroatoms. The van der Waals surface area contributed by atoms with Crippen LogP contribution in [0.5, 0.6) is 0 Å². The van der Waals surface area contributed by atoms with Crippen LogP contribution in [-0.2, 0) is 14.3 Å². The standard InChI is InChI=1S/C8H10O3/c1-5(2)3-6-4-7(9)11-8(6)10/h3,6H,4H2,1-2H3. The van der Waals surface area contributed by atoms with Crippen molar-refractivity contribution in [1.82, 2.24) is 0 Å². The Hall–Kier alpha value is -1.12. The minimum absolute atomic E-state index is 0.198. The number of carbonyl (C=O) groups is 2. The number of cyclic esters (lactones) is 2. The van der Waals surface area contributed by atoms with Crippen molar-refractivity contribution in [3.05, 3.63) is 11.6 Å². The largest absolute Gasteiger partial charge is 0.393 e. The molecule has 1 rings (SSSR count). The van der Waals surface area contributed by atoms with Gasteiger partial charge in [0.25, 0.3) is 0 Å². The Morgan fingerprint density at radius 2 is 2.18 bits per heavy atom. The van der Waals surface area contributed by atoms with E-state index in [1.54, 1.807) is 6.08 Å². The molecule has 1 aliphatic rings. The maximum atomic E-state index is 10.8. The normalized spacial score (nSPS) is 23.3. The van der Waals surface area contributed by atoms with Gasteiger partial charge in [0.1, 0.15) is 0 Å². The molecule has 0 amide bonds. The second-order valence-electron chi connectivity index (χ2n) is 2.85. The summed E-state index contributed by atoms with van der Waals surface area (Å²) in [6.45, 7) is 3.77. The second-order valence-corrected chi connectivity index (χ2v) is 2.85. The molecule has 1 heterocycles. The van der Waals surface area contributed by atoms with Gasteiger partial charge in [-0.05, 0) is 13.8 Å². The summed E-state index contributed by atoms with van der Waals surface area (Å²) in [6.07, 6.45) is 1.96. The Morgan fingerprint density at radius 3 is 2.55 bits per heavy atom. The third-order valence-corrected chi connectivity index (χ3v) is 1.44. The van der Waals surface area contributed by atoms with E-state index in [9.17, 15) is 9.59 Å². The van der Waals surface area contributed by atoms with Gasteiger partial charge < -0.3 is 4.74 Å². The zero-order valence-electron chi connectivity index (χ0n) is 6.59. The van der Waals surface area contributed by atoms with Crippen molar-refractivity contribution in [2.45, 2.75) is 20.3 Å². The summed E-state index contributed by atoms with van der Waals surface area (Å²) < 4.78 is 4.35. The number of carbonyl (C=O) groups excluding carboxylic acids is 2. The predicted molar refractivity (Wildman–Crippen MR) is 38.6 cm³/mol. The fourth-order valence-electron chi connectivity index (χ4n) is 1.02. The van der Waals surface area contributed by atoms with Gasteiger partial charge in [-0.3, -0.25) is 9.59 Å². The average Bonchev–Trinajstić information content (AvgIpc) is 2.09. The van der Waals surface area contributed by atoms with Crippen LogP contribution in [0.1, 0.15) is 20.3 Å². The van der Waals surface area contributed by atoms with Crippen molar-refractivity contribution in [1.29, 1.82) is 0 Å². The van der Waals surface area contributed by atoms with Gasteiger partial charge in [-0.1, -0.05) is 11.6 Å². The van der Waals surface area contributed by atoms with E-state index in [0.29, 0.717) is 0 Å². The molecule has 0 aromatic heterocycles. The van der Waals surface area contributed by atoms with Crippen LogP contribution in [-0.4, -0.2) is 11.9 Å². The minimum atomic E-state index is -0.420. The summed E-state index contributed by atoms with van der Waals surface area (Å²) in [5.74, 6) is -1.18. The fraction of sp³-hybridized carbons (Fsp3) is 0.500. The SMILES string of the molecule is CC(C)=CC1CC(=O)OC1=O. The monoisotopic (exact) mass is 154 g/mol. The van der Waals surface area contributed by atoms with Gasteiger partial charge in [0, 0.05) is 0 Å². The highest BCUT2D eigenvalue weighted by Gasteiger charge is 2.31. The minimum Gasteiger partial charge on any atom is -0.393 e. The van der Waals surface area contributed by atoms with Crippen molar-refractivity contribution in [3.8, 4) is 0 Å². The summed E-state index contributed by atoms with van der Waals surface area (Å²) in [5, 5.41) is 0. The Balaban J connectivity index is 2.68. The van der Waals surface area contributed by atoms with Gasteiger partial charge in [-0.15, -0.1) is 0 Å². The topological polar surface area (TPSA) is 43.4 Å². The average molecular weight is 154 g/mol. The van der Waals surface area contributed by atoms with Crippen molar-refractivity contribution in [2.24, 2.45) is 5.92 Å². The molecule has 1 fully saturated rings. The number of ether oxygens (including phenoxy) is 1. The van der Waals surface area contributed by atoms with Gasteiger partial charge in [0.2, 0.25) is 0 Å². The molecule has 0 spiro atoms. The summed E-state index contributed by atoms with van der Waals surface area (Å²) in [6, 6.07) is 0.